The van der Waals surface area contributed by atoms with E-state index in [4.69, 9.17) is 4.74 Å². The normalized spacial score (nSPS) is 19.2. The Kier molecular flexibility index (Phi) is 5.53. The zero-order chi connectivity index (χ0) is 21.1. The zero-order valence-electron chi connectivity index (χ0n) is 17.0. The molecule has 3 aromatic carbocycles. The minimum absolute atomic E-state index is 0.191. The van der Waals surface area contributed by atoms with Gasteiger partial charge in [0.1, 0.15) is 5.75 Å². The maximum atomic E-state index is 13.2. The van der Waals surface area contributed by atoms with Crippen molar-refractivity contribution in [1.82, 2.24) is 5.32 Å². The monoisotopic (exact) mass is 400 g/mol. The number of urea groups is 1. The van der Waals surface area contributed by atoms with Crippen molar-refractivity contribution in [2.75, 3.05) is 12.0 Å². The van der Waals surface area contributed by atoms with Gasteiger partial charge in [-0.15, -0.1) is 0 Å². The van der Waals surface area contributed by atoms with Gasteiger partial charge in [-0.25, -0.2) is 9.69 Å². The first-order chi connectivity index (χ1) is 14.6. The summed E-state index contributed by atoms with van der Waals surface area (Å²) in [6.45, 7) is 2.03. The third-order valence-electron chi connectivity index (χ3n) is 5.52. The number of carbonyl (C=O) groups is 2. The number of carbonyl (C=O) groups excluding carboxylic acids is 2. The molecule has 1 aliphatic heterocycles. The van der Waals surface area contributed by atoms with E-state index in [1.54, 1.807) is 19.2 Å². The topological polar surface area (TPSA) is 58.6 Å². The van der Waals surface area contributed by atoms with E-state index in [9.17, 15) is 9.59 Å². The standard InChI is InChI=1S/C25H24N2O3/c1-17-8-10-18(11-9-17)22-16-23(28)27(20-6-4-3-5-7-20)25(29)26-24(22)19-12-14-21(30-2)15-13-19/h3-15,22,24H,16H2,1-2H3,(H,26,29)/t22-,24-/m1/s1. The number of para-hydroxylation sites is 1. The van der Waals surface area contributed by atoms with Crippen LogP contribution in [0.4, 0.5) is 10.5 Å². The van der Waals surface area contributed by atoms with Crippen molar-refractivity contribution in [1.29, 1.82) is 0 Å². The van der Waals surface area contributed by atoms with E-state index in [2.05, 4.69) is 5.32 Å². The first kappa shape index (κ1) is 19.7. The molecule has 2 atom stereocenters. The molecule has 1 N–H and O–H groups in total. The summed E-state index contributed by atoms with van der Waals surface area (Å²) in [4.78, 5) is 27.6. The molecule has 0 bridgehead atoms. The Hall–Kier alpha value is -3.60. The third kappa shape index (κ3) is 3.92. The number of hydrogen-bond donors (Lipinski definition) is 1. The summed E-state index contributed by atoms with van der Waals surface area (Å²) in [7, 11) is 1.62. The second kappa shape index (κ2) is 8.41. The van der Waals surface area contributed by atoms with Gasteiger partial charge in [0, 0.05) is 12.3 Å². The molecule has 3 aromatic rings. The van der Waals surface area contributed by atoms with Crippen LogP contribution < -0.4 is 15.0 Å². The molecule has 0 saturated carbocycles. The largest absolute Gasteiger partial charge is 0.497 e. The molecule has 0 aliphatic carbocycles. The Morgan fingerprint density at radius 3 is 2.13 bits per heavy atom. The number of rotatable bonds is 4. The fourth-order valence-corrected chi connectivity index (χ4v) is 3.90. The predicted octanol–water partition coefficient (Wildman–Crippen LogP) is 4.98. The van der Waals surface area contributed by atoms with Crippen LogP contribution in [0.1, 0.15) is 35.1 Å². The molecule has 30 heavy (non-hydrogen) atoms. The quantitative estimate of drug-likeness (QED) is 0.672. The van der Waals surface area contributed by atoms with Gasteiger partial charge in [0.15, 0.2) is 0 Å². The summed E-state index contributed by atoms with van der Waals surface area (Å²) in [6, 6.07) is 24.0. The first-order valence-electron chi connectivity index (χ1n) is 9.96. The molecule has 5 heteroatoms. The summed E-state index contributed by atoms with van der Waals surface area (Å²) < 4.78 is 5.27. The molecule has 0 spiro atoms. The van der Waals surface area contributed by atoms with Crippen molar-refractivity contribution in [3.63, 3.8) is 0 Å². The van der Waals surface area contributed by atoms with Crippen molar-refractivity contribution in [2.45, 2.75) is 25.3 Å². The highest BCUT2D eigenvalue weighted by molar-refractivity contribution is 6.15. The number of methoxy groups -OCH3 is 1. The highest BCUT2D eigenvalue weighted by Gasteiger charge is 2.37. The van der Waals surface area contributed by atoms with Gasteiger partial charge in [0.25, 0.3) is 0 Å². The van der Waals surface area contributed by atoms with Crippen LogP contribution in [0.2, 0.25) is 0 Å². The van der Waals surface area contributed by atoms with Gasteiger partial charge in [-0.2, -0.15) is 0 Å². The Bertz CT molecular complexity index is 1030. The van der Waals surface area contributed by atoms with E-state index < -0.39 is 6.03 Å². The summed E-state index contributed by atoms with van der Waals surface area (Å²) in [6.07, 6.45) is 0.216. The summed E-state index contributed by atoms with van der Waals surface area (Å²) in [5.41, 5.74) is 3.66. The third-order valence-corrected chi connectivity index (χ3v) is 5.52. The zero-order valence-corrected chi connectivity index (χ0v) is 17.0. The summed E-state index contributed by atoms with van der Waals surface area (Å²) in [5.74, 6) is 0.331. The second-order valence-corrected chi connectivity index (χ2v) is 7.49. The molecule has 0 radical (unpaired) electrons. The molecule has 1 aliphatic rings. The number of nitrogens with zero attached hydrogens (tertiary/aromatic N) is 1. The minimum atomic E-state index is -0.415. The number of ether oxygens (including phenoxy) is 1. The van der Waals surface area contributed by atoms with Crippen LogP contribution in [0, 0.1) is 6.92 Å². The summed E-state index contributed by atoms with van der Waals surface area (Å²) in [5, 5.41) is 3.10. The molecule has 3 amide bonds. The van der Waals surface area contributed by atoms with Crippen LogP contribution in [0.3, 0.4) is 0 Å². The van der Waals surface area contributed by atoms with Crippen LogP contribution in [0.25, 0.3) is 0 Å². The lowest BCUT2D eigenvalue weighted by Crippen LogP contribution is -2.42. The van der Waals surface area contributed by atoms with Crippen molar-refractivity contribution in [2.24, 2.45) is 0 Å². The Balaban J connectivity index is 1.77. The number of nitrogens with one attached hydrogen (secondary N) is 1. The van der Waals surface area contributed by atoms with Crippen LogP contribution >= 0.6 is 0 Å². The average molecular weight is 400 g/mol. The molecule has 1 saturated heterocycles. The van der Waals surface area contributed by atoms with Crippen molar-refractivity contribution in [3.05, 3.63) is 95.6 Å². The maximum Gasteiger partial charge on any atom is 0.329 e. The number of imide groups is 1. The number of hydrogen-bond acceptors (Lipinski definition) is 3. The van der Waals surface area contributed by atoms with E-state index in [1.807, 2.05) is 73.7 Å². The van der Waals surface area contributed by atoms with Gasteiger partial charge in [0.2, 0.25) is 5.91 Å². The first-order valence-corrected chi connectivity index (χ1v) is 9.96. The molecular formula is C25H24N2O3. The lowest BCUT2D eigenvalue weighted by molar-refractivity contribution is -0.118. The highest BCUT2D eigenvalue weighted by atomic mass is 16.5. The molecule has 5 nitrogen and oxygen atoms in total. The van der Waals surface area contributed by atoms with Gasteiger partial charge < -0.3 is 10.1 Å². The number of aryl methyl sites for hydroxylation is 1. The van der Waals surface area contributed by atoms with E-state index in [-0.39, 0.29) is 24.3 Å². The average Bonchev–Trinajstić information content (AvgIpc) is 2.90. The Labute approximate surface area is 176 Å². The molecular weight excluding hydrogens is 376 g/mol. The van der Waals surface area contributed by atoms with Crippen molar-refractivity contribution < 1.29 is 14.3 Å². The fraction of sp³-hybridized carbons (Fsp3) is 0.200. The van der Waals surface area contributed by atoms with Crippen LogP contribution in [-0.2, 0) is 4.79 Å². The van der Waals surface area contributed by atoms with E-state index in [1.165, 1.54) is 4.90 Å². The van der Waals surface area contributed by atoms with Gasteiger partial charge >= 0.3 is 6.03 Å². The predicted molar refractivity (Wildman–Crippen MR) is 117 cm³/mol. The summed E-state index contributed by atoms with van der Waals surface area (Å²) >= 11 is 0. The lowest BCUT2D eigenvalue weighted by Gasteiger charge is -2.26. The maximum absolute atomic E-state index is 13.2. The second-order valence-electron chi connectivity index (χ2n) is 7.49. The number of amides is 3. The van der Waals surface area contributed by atoms with Crippen LogP contribution in [-0.4, -0.2) is 19.0 Å². The van der Waals surface area contributed by atoms with Crippen LogP contribution in [0.15, 0.2) is 78.9 Å². The Morgan fingerprint density at radius 1 is 0.867 bits per heavy atom. The molecule has 0 aromatic heterocycles. The van der Waals surface area contributed by atoms with Gasteiger partial charge in [-0.1, -0.05) is 60.2 Å². The molecule has 1 fully saturated rings. The van der Waals surface area contributed by atoms with E-state index in [0.29, 0.717) is 5.69 Å². The molecule has 152 valence electrons. The van der Waals surface area contributed by atoms with Crippen LogP contribution in [0.5, 0.6) is 5.75 Å². The van der Waals surface area contributed by atoms with Gasteiger partial charge in [0.05, 0.1) is 18.8 Å². The molecule has 1 heterocycles. The minimum Gasteiger partial charge on any atom is -0.497 e. The highest BCUT2D eigenvalue weighted by Crippen LogP contribution is 2.38. The fourth-order valence-electron chi connectivity index (χ4n) is 3.90. The van der Waals surface area contributed by atoms with E-state index in [0.717, 1.165) is 22.4 Å². The Morgan fingerprint density at radius 2 is 1.50 bits per heavy atom. The molecule has 4 rings (SSSR count). The van der Waals surface area contributed by atoms with Crippen molar-refractivity contribution >= 4 is 17.6 Å². The molecule has 0 unspecified atom stereocenters. The number of anilines is 1. The van der Waals surface area contributed by atoms with Crippen molar-refractivity contribution in [3.8, 4) is 5.75 Å². The van der Waals surface area contributed by atoms with E-state index >= 15 is 0 Å². The number of benzene rings is 3. The van der Waals surface area contributed by atoms with Gasteiger partial charge in [-0.05, 0) is 42.3 Å². The smallest absolute Gasteiger partial charge is 0.329 e. The lowest BCUT2D eigenvalue weighted by atomic mass is 9.84. The SMILES string of the molecule is COc1ccc([C@H]2NC(=O)N(c3ccccc3)C(=O)C[C@@H]2c2ccc(C)cc2)cc1. The van der Waals surface area contributed by atoms with Gasteiger partial charge in [-0.3, -0.25) is 4.79 Å².